The highest BCUT2D eigenvalue weighted by molar-refractivity contribution is 9.10. The summed E-state index contributed by atoms with van der Waals surface area (Å²) in [5.74, 6) is -0.842. The number of rotatable bonds is 5. The van der Waals surface area contributed by atoms with Crippen molar-refractivity contribution in [3.05, 3.63) is 28.0 Å². The summed E-state index contributed by atoms with van der Waals surface area (Å²) in [6.07, 6.45) is 5.04. The maximum Gasteiger partial charge on any atom is 0.336 e. The summed E-state index contributed by atoms with van der Waals surface area (Å²) < 4.78 is 14.1. The number of benzene rings is 1. The predicted molar refractivity (Wildman–Crippen MR) is 73.9 cm³/mol. The summed E-state index contributed by atoms with van der Waals surface area (Å²) in [6.45, 7) is 0.785. The third kappa shape index (κ3) is 2.36. The molecule has 0 spiro atoms. The van der Waals surface area contributed by atoms with Gasteiger partial charge in [0.1, 0.15) is 0 Å². The number of hydrogen-bond acceptors (Lipinski definition) is 2. The van der Waals surface area contributed by atoms with Crippen molar-refractivity contribution < 1.29 is 14.3 Å². The lowest BCUT2D eigenvalue weighted by Crippen LogP contribution is -2.18. The van der Waals surface area contributed by atoms with E-state index in [1.54, 1.807) is 0 Å². The fourth-order valence-electron chi connectivity index (χ4n) is 2.71. The van der Waals surface area contributed by atoms with Gasteiger partial charge < -0.3 is 10.4 Å². The molecule has 5 heteroatoms. The van der Waals surface area contributed by atoms with Gasteiger partial charge in [-0.05, 0) is 65.1 Å². The first-order chi connectivity index (χ1) is 9.03. The van der Waals surface area contributed by atoms with Gasteiger partial charge in [0.25, 0.3) is 0 Å². The fourth-order valence-corrected chi connectivity index (χ4v) is 3.22. The Morgan fingerprint density at radius 1 is 1.47 bits per heavy atom. The Labute approximate surface area is 119 Å². The highest BCUT2D eigenvalue weighted by Gasteiger charge is 2.53. The summed E-state index contributed by atoms with van der Waals surface area (Å²) in [4.78, 5) is 10.9. The Kier molecular flexibility index (Phi) is 3.04. The molecule has 19 heavy (non-hydrogen) atoms. The van der Waals surface area contributed by atoms with Gasteiger partial charge in [0, 0.05) is 6.54 Å². The molecule has 0 unspecified atom stereocenters. The third-order valence-corrected chi connectivity index (χ3v) is 5.05. The third-order valence-electron chi connectivity index (χ3n) is 4.28. The molecular weight excluding hydrogens is 313 g/mol. The molecule has 1 aromatic carbocycles. The van der Waals surface area contributed by atoms with E-state index in [0.29, 0.717) is 11.1 Å². The van der Waals surface area contributed by atoms with Gasteiger partial charge in [0.2, 0.25) is 0 Å². The topological polar surface area (TPSA) is 49.3 Å². The highest BCUT2D eigenvalue weighted by atomic mass is 79.9. The van der Waals surface area contributed by atoms with Gasteiger partial charge in [-0.15, -0.1) is 0 Å². The van der Waals surface area contributed by atoms with E-state index in [1.165, 1.54) is 37.8 Å². The maximum atomic E-state index is 14.1. The van der Waals surface area contributed by atoms with E-state index >= 15 is 0 Å². The van der Waals surface area contributed by atoms with Crippen LogP contribution >= 0.6 is 15.9 Å². The Morgan fingerprint density at radius 3 is 2.68 bits per heavy atom. The summed E-state index contributed by atoms with van der Waals surface area (Å²) >= 11 is 3.01. The first-order valence-corrected chi connectivity index (χ1v) is 7.28. The second-order valence-electron chi connectivity index (χ2n) is 5.58. The van der Waals surface area contributed by atoms with Crippen molar-refractivity contribution in [3.8, 4) is 0 Å². The number of hydrogen-bond donors (Lipinski definition) is 2. The molecular formula is C14H15BrFNO2. The van der Waals surface area contributed by atoms with Crippen molar-refractivity contribution in [3.63, 3.8) is 0 Å². The largest absolute Gasteiger partial charge is 0.478 e. The van der Waals surface area contributed by atoms with Crippen LogP contribution in [0.1, 0.15) is 36.0 Å². The van der Waals surface area contributed by atoms with Crippen LogP contribution in [0.15, 0.2) is 16.6 Å². The number of aromatic carboxylic acids is 1. The Hall–Kier alpha value is -1.10. The summed E-state index contributed by atoms with van der Waals surface area (Å²) in [7, 11) is 0. The molecule has 0 bridgehead atoms. The molecule has 2 fully saturated rings. The van der Waals surface area contributed by atoms with Crippen LogP contribution in [0.2, 0.25) is 0 Å². The lowest BCUT2D eigenvalue weighted by atomic mass is 10.0. The minimum Gasteiger partial charge on any atom is -0.478 e. The summed E-state index contributed by atoms with van der Waals surface area (Å²) in [6, 6.07) is 2.93. The fraction of sp³-hybridized carbons (Fsp3) is 0.500. The molecule has 1 aromatic rings. The molecule has 2 aliphatic carbocycles. The Balaban J connectivity index is 1.74. The van der Waals surface area contributed by atoms with E-state index in [0.717, 1.165) is 12.5 Å². The molecule has 0 amide bonds. The average Bonchev–Trinajstić information content (AvgIpc) is 3.24. The second-order valence-corrected chi connectivity index (χ2v) is 6.38. The minimum absolute atomic E-state index is 0.0151. The van der Waals surface area contributed by atoms with E-state index in [1.807, 2.05) is 0 Å². The lowest BCUT2D eigenvalue weighted by molar-refractivity contribution is 0.0695. The molecule has 0 atom stereocenters. The van der Waals surface area contributed by atoms with E-state index in [2.05, 4.69) is 21.2 Å². The zero-order valence-electron chi connectivity index (χ0n) is 10.4. The number of anilines is 1. The van der Waals surface area contributed by atoms with Gasteiger partial charge in [0.05, 0.1) is 15.7 Å². The van der Waals surface area contributed by atoms with Crippen molar-refractivity contribution >= 4 is 27.6 Å². The quantitative estimate of drug-likeness (QED) is 0.862. The molecule has 0 aliphatic heterocycles. The molecule has 3 rings (SSSR count). The minimum atomic E-state index is -1.13. The molecule has 2 aliphatic rings. The van der Waals surface area contributed by atoms with E-state index in [9.17, 15) is 9.18 Å². The maximum absolute atomic E-state index is 14.1. The number of carbonyl (C=O) groups is 1. The van der Waals surface area contributed by atoms with Crippen molar-refractivity contribution in [2.75, 3.05) is 11.9 Å². The predicted octanol–water partition coefficient (Wildman–Crippen LogP) is 3.89. The number of carboxylic acid groups (broad SMARTS) is 1. The smallest absolute Gasteiger partial charge is 0.336 e. The van der Waals surface area contributed by atoms with Gasteiger partial charge in [-0.3, -0.25) is 0 Å². The molecule has 102 valence electrons. The van der Waals surface area contributed by atoms with Crippen molar-refractivity contribution in [2.24, 2.45) is 11.3 Å². The van der Waals surface area contributed by atoms with Crippen molar-refractivity contribution in [2.45, 2.75) is 25.7 Å². The van der Waals surface area contributed by atoms with Crippen LogP contribution in [0.25, 0.3) is 0 Å². The van der Waals surface area contributed by atoms with Crippen molar-refractivity contribution in [1.29, 1.82) is 0 Å². The summed E-state index contributed by atoms with van der Waals surface area (Å²) in [5, 5.41) is 12.1. The normalized spacial score (nSPS) is 20.1. The molecule has 0 radical (unpaired) electrons. The van der Waals surface area contributed by atoms with Crippen LogP contribution in [0.5, 0.6) is 0 Å². The molecule has 0 aromatic heterocycles. The van der Waals surface area contributed by atoms with Crippen LogP contribution < -0.4 is 5.32 Å². The van der Waals surface area contributed by atoms with E-state index < -0.39 is 11.8 Å². The van der Waals surface area contributed by atoms with Gasteiger partial charge in [-0.2, -0.15) is 0 Å². The molecule has 2 saturated carbocycles. The van der Waals surface area contributed by atoms with Crippen LogP contribution in [0, 0.1) is 17.2 Å². The highest BCUT2D eigenvalue weighted by Crippen LogP contribution is 2.61. The van der Waals surface area contributed by atoms with E-state index in [-0.39, 0.29) is 10.0 Å². The van der Waals surface area contributed by atoms with Gasteiger partial charge >= 0.3 is 5.97 Å². The SMILES string of the molecule is O=C(O)c1ccc(NCC2(C3CC3)CC2)c(F)c1Br. The van der Waals surface area contributed by atoms with Crippen molar-refractivity contribution in [1.82, 2.24) is 0 Å². The van der Waals surface area contributed by atoms with Gasteiger partial charge in [-0.1, -0.05) is 0 Å². The van der Waals surface area contributed by atoms with Crippen LogP contribution in [-0.2, 0) is 0 Å². The lowest BCUT2D eigenvalue weighted by Gasteiger charge is -2.17. The zero-order chi connectivity index (χ0) is 13.6. The molecule has 3 nitrogen and oxygen atoms in total. The Bertz CT molecular complexity index is 538. The van der Waals surface area contributed by atoms with Crippen LogP contribution in [0.4, 0.5) is 10.1 Å². The molecule has 0 saturated heterocycles. The van der Waals surface area contributed by atoms with Gasteiger partial charge in [-0.25, -0.2) is 9.18 Å². The summed E-state index contributed by atoms with van der Waals surface area (Å²) in [5.41, 5.74) is 0.708. The number of carboxylic acids is 1. The second kappa shape index (κ2) is 4.47. The molecule has 2 N–H and O–H groups in total. The van der Waals surface area contributed by atoms with E-state index in [4.69, 9.17) is 5.11 Å². The van der Waals surface area contributed by atoms with Crippen LogP contribution in [-0.4, -0.2) is 17.6 Å². The number of nitrogens with one attached hydrogen (secondary N) is 1. The standard InChI is InChI=1S/C14H15BrFNO2/c15-11-9(13(18)19)3-4-10(12(11)16)17-7-14(5-6-14)8-1-2-8/h3-4,8,17H,1-2,5-7H2,(H,18,19). The zero-order valence-corrected chi connectivity index (χ0v) is 12.0. The Morgan fingerprint density at radius 2 is 2.16 bits per heavy atom. The molecule has 0 heterocycles. The number of halogens is 2. The monoisotopic (exact) mass is 327 g/mol. The average molecular weight is 328 g/mol. The first-order valence-electron chi connectivity index (χ1n) is 6.49. The van der Waals surface area contributed by atoms with Gasteiger partial charge in [0.15, 0.2) is 5.82 Å². The van der Waals surface area contributed by atoms with Crippen LogP contribution in [0.3, 0.4) is 0 Å². The first kappa shape index (κ1) is 12.9.